The first-order valence-electron chi connectivity index (χ1n) is 4.93. The molecule has 0 unspecified atom stereocenters. The van der Waals surface area contributed by atoms with Crippen molar-refractivity contribution in [2.24, 2.45) is 0 Å². The maximum absolute atomic E-state index is 11.2. The molecule has 0 rings (SSSR count). The minimum atomic E-state index is -0.470. The van der Waals surface area contributed by atoms with Crippen LogP contribution in [0.25, 0.3) is 0 Å². The van der Waals surface area contributed by atoms with Crippen LogP contribution >= 0.6 is 0 Å². The predicted molar refractivity (Wildman–Crippen MR) is 54.8 cm³/mol. The lowest BCUT2D eigenvalue weighted by Crippen LogP contribution is -2.24. The molecule has 88 valence electrons. The molecule has 0 fully saturated rings. The van der Waals surface area contributed by atoms with Gasteiger partial charge in [0.2, 0.25) is 0 Å². The van der Waals surface area contributed by atoms with Gasteiger partial charge in [0.1, 0.15) is 5.60 Å². The van der Waals surface area contributed by atoms with Crippen molar-refractivity contribution in [2.75, 3.05) is 7.05 Å². The molecule has 0 saturated heterocycles. The largest absolute Gasteiger partial charge is 0.460 e. The van der Waals surface area contributed by atoms with Gasteiger partial charge in [-0.05, 0) is 27.2 Å². The van der Waals surface area contributed by atoms with Gasteiger partial charge < -0.3 is 9.57 Å². The summed E-state index contributed by atoms with van der Waals surface area (Å²) in [5.74, 6) is -0.666. The molecule has 0 bridgehead atoms. The van der Waals surface area contributed by atoms with Gasteiger partial charge in [0.15, 0.2) is 0 Å². The van der Waals surface area contributed by atoms with E-state index in [0.29, 0.717) is 6.42 Å². The zero-order valence-corrected chi connectivity index (χ0v) is 9.75. The van der Waals surface area contributed by atoms with Crippen LogP contribution in [0.2, 0.25) is 0 Å². The first-order valence-corrected chi connectivity index (χ1v) is 4.93. The maximum atomic E-state index is 11.2. The number of nitrogens with one attached hydrogen (secondary N) is 1. The van der Waals surface area contributed by atoms with Crippen LogP contribution in [0.1, 0.15) is 40.0 Å². The molecule has 0 amide bonds. The Morgan fingerprint density at radius 2 is 1.67 bits per heavy atom. The zero-order chi connectivity index (χ0) is 11.9. The van der Waals surface area contributed by atoms with Crippen LogP contribution in [0, 0.1) is 0 Å². The Morgan fingerprint density at radius 1 is 1.13 bits per heavy atom. The van der Waals surface area contributed by atoms with Crippen molar-refractivity contribution in [3.05, 3.63) is 0 Å². The molecule has 0 aliphatic carbocycles. The van der Waals surface area contributed by atoms with Crippen LogP contribution < -0.4 is 5.48 Å². The minimum Gasteiger partial charge on any atom is -0.460 e. The molecule has 0 aliphatic rings. The quantitative estimate of drug-likeness (QED) is 0.553. The van der Waals surface area contributed by atoms with Gasteiger partial charge in [-0.25, -0.2) is 0 Å². The van der Waals surface area contributed by atoms with E-state index in [1.807, 2.05) is 0 Å². The van der Waals surface area contributed by atoms with Crippen molar-refractivity contribution >= 4 is 11.9 Å². The van der Waals surface area contributed by atoms with E-state index in [0.717, 1.165) is 0 Å². The molecular formula is C10H19NO4. The Labute approximate surface area is 90.1 Å². The fraction of sp³-hybridized carbons (Fsp3) is 0.800. The Hall–Kier alpha value is -1.10. The topological polar surface area (TPSA) is 64.6 Å². The van der Waals surface area contributed by atoms with Crippen molar-refractivity contribution in [1.29, 1.82) is 0 Å². The smallest absolute Gasteiger partial charge is 0.324 e. The van der Waals surface area contributed by atoms with Gasteiger partial charge in [-0.3, -0.25) is 9.59 Å². The number of hydrogen-bond donors (Lipinski definition) is 1. The summed E-state index contributed by atoms with van der Waals surface area (Å²) in [6.45, 7) is 5.42. The molecule has 15 heavy (non-hydrogen) atoms. The number of rotatable bonds is 5. The van der Waals surface area contributed by atoms with E-state index >= 15 is 0 Å². The van der Waals surface area contributed by atoms with Crippen LogP contribution in [0.15, 0.2) is 0 Å². The molecule has 0 aromatic rings. The SMILES string of the molecule is CNOC(=O)CCCC(=O)OC(C)(C)C. The highest BCUT2D eigenvalue weighted by atomic mass is 16.7. The summed E-state index contributed by atoms with van der Waals surface area (Å²) in [4.78, 5) is 26.6. The van der Waals surface area contributed by atoms with E-state index < -0.39 is 5.60 Å². The number of ether oxygens (including phenoxy) is 1. The van der Waals surface area contributed by atoms with Crippen molar-refractivity contribution < 1.29 is 19.2 Å². The molecule has 0 atom stereocenters. The third-order valence-corrected chi connectivity index (χ3v) is 1.40. The highest BCUT2D eigenvalue weighted by molar-refractivity contribution is 5.72. The summed E-state index contributed by atoms with van der Waals surface area (Å²) in [6.07, 6.45) is 0.881. The summed E-state index contributed by atoms with van der Waals surface area (Å²) in [7, 11) is 1.51. The summed E-state index contributed by atoms with van der Waals surface area (Å²) in [5.41, 5.74) is 1.81. The molecule has 0 spiro atoms. The van der Waals surface area contributed by atoms with Crippen LogP contribution in [-0.4, -0.2) is 24.6 Å². The number of carbonyl (C=O) groups is 2. The fourth-order valence-corrected chi connectivity index (χ4v) is 0.934. The van der Waals surface area contributed by atoms with E-state index in [1.54, 1.807) is 20.8 Å². The molecule has 0 saturated carbocycles. The Balaban J connectivity index is 3.60. The summed E-state index contributed by atoms with van der Waals surface area (Å²) >= 11 is 0. The molecule has 0 aliphatic heterocycles. The van der Waals surface area contributed by atoms with Gasteiger partial charge >= 0.3 is 11.9 Å². The first-order chi connectivity index (χ1) is 6.85. The lowest BCUT2D eigenvalue weighted by molar-refractivity contribution is -0.155. The first kappa shape index (κ1) is 13.9. The lowest BCUT2D eigenvalue weighted by Gasteiger charge is -2.19. The third kappa shape index (κ3) is 9.21. The van der Waals surface area contributed by atoms with Crippen molar-refractivity contribution in [2.45, 2.75) is 45.6 Å². The molecule has 1 N–H and O–H groups in total. The second kappa shape index (κ2) is 6.40. The van der Waals surface area contributed by atoms with Gasteiger partial charge in [0, 0.05) is 19.9 Å². The molecule has 0 radical (unpaired) electrons. The fourth-order valence-electron chi connectivity index (χ4n) is 0.934. The van der Waals surface area contributed by atoms with E-state index in [1.165, 1.54) is 7.05 Å². The monoisotopic (exact) mass is 217 g/mol. The average Bonchev–Trinajstić information content (AvgIpc) is 2.00. The predicted octanol–water partition coefficient (Wildman–Crippen LogP) is 1.18. The Kier molecular flexibility index (Phi) is 5.93. The summed E-state index contributed by atoms with van der Waals surface area (Å²) in [5, 5.41) is 0. The van der Waals surface area contributed by atoms with Crippen LogP contribution in [0.4, 0.5) is 0 Å². The number of hydroxylamine groups is 1. The van der Waals surface area contributed by atoms with Gasteiger partial charge in [-0.15, -0.1) is 0 Å². The maximum Gasteiger partial charge on any atom is 0.324 e. The number of esters is 1. The van der Waals surface area contributed by atoms with Crippen LogP contribution in [-0.2, 0) is 19.2 Å². The normalized spacial score (nSPS) is 10.9. The van der Waals surface area contributed by atoms with E-state index in [2.05, 4.69) is 10.3 Å². The molecule has 0 aromatic heterocycles. The van der Waals surface area contributed by atoms with Gasteiger partial charge in [-0.2, -0.15) is 5.48 Å². The third-order valence-electron chi connectivity index (χ3n) is 1.40. The van der Waals surface area contributed by atoms with Crippen molar-refractivity contribution in [3.63, 3.8) is 0 Å². The zero-order valence-electron chi connectivity index (χ0n) is 9.75. The lowest BCUT2D eigenvalue weighted by atomic mass is 10.2. The minimum absolute atomic E-state index is 0.208. The van der Waals surface area contributed by atoms with Crippen LogP contribution in [0.3, 0.4) is 0 Å². The number of hydrogen-bond acceptors (Lipinski definition) is 5. The molecule has 5 heteroatoms. The molecule has 0 aromatic carbocycles. The van der Waals surface area contributed by atoms with Crippen LogP contribution in [0.5, 0.6) is 0 Å². The van der Waals surface area contributed by atoms with Gasteiger partial charge in [0.25, 0.3) is 0 Å². The second-order valence-corrected chi connectivity index (χ2v) is 4.12. The molecule has 5 nitrogen and oxygen atoms in total. The Bertz CT molecular complexity index is 220. The highest BCUT2D eigenvalue weighted by Gasteiger charge is 2.16. The van der Waals surface area contributed by atoms with Crippen molar-refractivity contribution in [3.8, 4) is 0 Å². The molecular weight excluding hydrogens is 198 g/mol. The van der Waals surface area contributed by atoms with Crippen molar-refractivity contribution in [1.82, 2.24) is 5.48 Å². The summed E-state index contributed by atoms with van der Waals surface area (Å²) < 4.78 is 5.07. The van der Waals surface area contributed by atoms with Gasteiger partial charge in [0.05, 0.1) is 0 Å². The standard InChI is InChI=1S/C10H19NO4/c1-10(2,3)14-8(12)6-5-7-9(13)15-11-4/h11H,5-7H2,1-4H3. The van der Waals surface area contributed by atoms with E-state index in [4.69, 9.17) is 4.74 Å². The Morgan fingerprint density at radius 3 is 2.13 bits per heavy atom. The molecule has 0 heterocycles. The van der Waals surface area contributed by atoms with E-state index in [-0.39, 0.29) is 24.8 Å². The van der Waals surface area contributed by atoms with E-state index in [9.17, 15) is 9.59 Å². The highest BCUT2D eigenvalue weighted by Crippen LogP contribution is 2.09. The summed E-state index contributed by atoms with van der Waals surface area (Å²) in [6, 6.07) is 0. The number of carbonyl (C=O) groups excluding carboxylic acids is 2. The second-order valence-electron chi connectivity index (χ2n) is 4.12. The van der Waals surface area contributed by atoms with Gasteiger partial charge in [-0.1, -0.05) is 0 Å². The average molecular weight is 217 g/mol.